The Morgan fingerprint density at radius 1 is 1.00 bits per heavy atom. The lowest BCUT2D eigenvalue weighted by Crippen LogP contribution is -1.95. The van der Waals surface area contributed by atoms with Crippen molar-refractivity contribution in [2.45, 2.75) is 6.54 Å². The Kier molecular flexibility index (Phi) is 2.80. The summed E-state index contributed by atoms with van der Waals surface area (Å²) < 4.78 is 2.08. The van der Waals surface area contributed by atoms with Crippen molar-refractivity contribution < 1.29 is 9.90 Å². The van der Waals surface area contributed by atoms with Crippen molar-refractivity contribution in [1.29, 1.82) is 0 Å². The third-order valence-electron chi connectivity index (χ3n) is 3.15. The summed E-state index contributed by atoms with van der Waals surface area (Å²) in [5.41, 5.74) is 1.55. The number of aromatic nitrogens is 1. The number of hydrogen-bond donors (Lipinski definition) is 1. The highest BCUT2D eigenvalue weighted by Gasteiger charge is 2.05. The van der Waals surface area contributed by atoms with Gasteiger partial charge in [-0.1, -0.05) is 36.4 Å². The molecule has 3 nitrogen and oxygen atoms in total. The number of nitrogens with zero attached hydrogens (tertiary/aromatic N) is 1. The van der Waals surface area contributed by atoms with Crippen molar-refractivity contribution in [3.63, 3.8) is 0 Å². The summed E-state index contributed by atoms with van der Waals surface area (Å²) >= 11 is 0. The van der Waals surface area contributed by atoms with Gasteiger partial charge in [-0.15, -0.1) is 0 Å². The summed E-state index contributed by atoms with van der Waals surface area (Å²) in [5, 5.41) is 11.0. The normalized spacial score (nSPS) is 10.7. The van der Waals surface area contributed by atoms with Crippen molar-refractivity contribution in [2.24, 2.45) is 0 Å². The van der Waals surface area contributed by atoms with E-state index in [-0.39, 0.29) is 0 Å². The molecule has 94 valence electrons. The van der Waals surface area contributed by atoms with Gasteiger partial charge < -0.3 is 9.67 Å². The van der Waals surface area contributed by atoms with Gasteiger partial charge >= 0.3 is 5.97 Å². The molecule has 0 radical (unpaired) electrons. The molecule has 0 aliphatic carbocycles. The maximum Gasteiger partial charge on any atom is 0.335 e. The zero-order chi connectivity index (χ0) is 13.2. The second-order valence-corrected chi connectivity index (χ2v) is 4.56. The van der Waals surface area contributed by atoms with Crippen molar-refractivity contribution in [3.05, 3.63) is 72.1 Å². The number of hydrogen-bond acceptors (Lipinski definition) is 1. The number of carboxylic acid groups (broad SMARTS) is 1. The summed E-state index contributed by atoms with van der Waals surface area (Å²) in [6, 6.07) is 15.4. The number of carbonyl (C=O) groups is 1. The quantitative estimate of drug-likeness (QED) is 0.775. The van der Waals surface area contributed by atoms with Gasteiger partial charge in [0, 0.05) is 24.3 Å². The highest BCUT2D eigenvalue weighted by atomic mass is 16.4. The van der Waals surface area contributed by atoms with E-state index < -0.39 is 5.97 Å². The van der Waals surface area contributed by atoms with Crippen LogP contribution >= 0.6 is 0 Å². The molecule has 2 aromatic carbocycles. The van der Waals surface area contributed by atoms with Crippen LogP contribution < -0.4 is 0 Å². The Bertz CT molecular complexity index is 729. The van der Waals surface area contributed by atoms with Crippen LogP contribution in [0.4, 0.5) is 0 Å². The smallest absolute Gasteiger partial charge is 0.335 e. The van der Waals surface area contributed by atoms with E-state index in [1.807, 2.05) is 36.7 Å². The van der Waals surface area contributed by atoms with Crippen molar-refractivity contribution >= 4 is 16.7 Å². The highest BCUT2D eigenvalue weighted by molar-refractivity contribution is 5.94. The Balaban J connectivity index is 1.95. The molecule has 3 heteroatoms. The lowest BCUT2D eigenvalue weighted by molar-refractivity contribution is 0.0697. The van der Waals surface area contributed by atoms with E-state index >= 15 is 0 Å². The van der Waals surface area contributed by atoms with Gasteiger partial charge in [0.2, 0.25) is 0 Å². The van der Waals surface area contributed by atoms with Gasteiger partial charge in [0.05, 0.1) is 5.56 Å². The molecule has 0 fully saturated rings. The summed E-state index contributed by atoms with van der Waals surface area (Å²) in [4.78, 5) is 10.9. The summed E-state index contributed by atoms with van der Waals surface area (Å²) in [6.07, 6.45) is 4.02. The van der Waals surface area contributed by atoms with Crippen LogP contribution in [-0.4, -0.2) is 15.6 Å². The molecule has 0 aliphatic rings. The molecule has 0 unspecified atom stereocenters. The lowest BCUT2D eigenvalue weighted by atomic mass is 10.1. The Morgan fingerprint density at radius 3 is 2.47 bits per heavy atom. The third kappa shape index (κ3) is 2.36. The van der Waals surface area contributed by atoms with E-state index in [2.05, 4.69) is 16.7 Å². The van der Waals surface area contributed by atoms with Gasteiger partial charge in [0.1, 0.15) is 0 Å². The van der Waals surface area contributed by atoms with Crippen LogP contribution in [0.25, 0.3) is 10.8 Å². The fourth-order valence-corrected chi connectivity index (χ4v) is 2.22. The molecule has 0 spiro atoms. The number of fused-ring (bicyclic) bond motifs is 1. The molecule has 3 aromatic rings. The van der Waals surface area contributed by atoms with E-state index in [1.54, 1.807) is 12.1 Å². The van der Waals surface area contributed by atoms with Gasteiger partial charge in [0.25, 0.3) is 0 Å². The largest absolute Gasteiger partial charge is 0.478 e. The van der Waals surface area contributed by atoms with E-state index in [9.17, 15) is 4.79 Å². The average Bonchev–Trinajstić information content (AvgIpc) is 2.80. The molecule has 1 aromatic heterocycles. The minimum atomic E-state index is -0.891. The van der Waals surface area contributed by atoms with E-state index in [4.69, 9.17) is 5.11 Å². The number of aromatic carboxylic acids is 1. The minimum absolute atomic E-state index is 0.324. The van der Waals surface area contributed by atoms with Crippen molar-refractivity contribution in [1.82, 2.24) is 4.57 Å². The van der Waals surface area contributed by atoms with Gasteiger partial charge in [0.15, 0.2) is 0 Å². The van der Waals surface area contributed by atoms with E-state index in [0.717, 1.165) is 17.3 Å². The Labute approximate surface area is 110 Å². The van der Waals surface area contributed by atoms with Crippen LogP contribution in [0, 0.1) is 0 Å². The summed E-state index contributed by atoms with van der Waals surface area (Å²) in [6.45, 7) is 0.790. The van der Waals surface area contributed by atoms with Crippen LogP contribution in [0.1, 0.15) is 15.9 Å². The molecule has 0 aliphatic heterocycles. The topological polar surface area (TPSA) is 42.2 Å². The molecule has 0 saturated carbocycles. The zero-order valence-corrected chi connectivity index (χ0v) is 10.3. The van der Waals surface area contributed by atoms with Gasteiger partial charge in [-0.3, -0.25) is 0 Å². The molecule has 0 saturated heterocycles. The molecular weight excluding hydrogens is 238 g/mol. The minimum Gasteiger partial charge on any atom is -0.478 e. The number of benzene rings is 2. The molecule has 1 N–H and O–H groups in total. The molecule has 19 heavy (non-hydrogen) atoms. The van der Waals surface area contributed by atoms with Crippen LogP contribution in [0.2, 0.25) is 0 Å². The first kappa shape index (κ1) is 11.5. The SMILES string of the molecule is O=C(O)c1ccc2cn(Cc3ccccc3)cc2c1. The van der Waals surface area contributed by atoms with Gasteiger partial charge in [-0.05, 0) is 23.1 Å². The zero-order valence-electron chi connectivity index (χ0n) is 10.3. The fourth-order valence-electron chi connectivity index (χ4n) is 2.22. The van der Waals surface area contributed by atoms with Gasteiger partial charge in [-0.25, -0.2) is 4.79 Å². The molecule has 0 atom stereocenters. The predicted octanol–water partition coefficient (Wildman–Crippen LogP) is 3.39. The van der Waals surface area contributed by atoms with Crippen LogP contribution in [0.15, 0.2) is 60.9 Å². The summed E-state index contributed by atoms with van der Waals surface area (Å²) in [5.74, 6) is -0.891. The van der Waals surface area contributed by atoms with E-state index in [0.29, 0.717) is 5.56 Å². The monoisotopic (exact) mass is 251 g/mol. The number of carboxylic acids is 1. The average molecular weight is 251 g/mol. The van der Waals surface area contributed by atoms with Crippen molar-refractivity contribution in [3.8, 4) is 0 Å². The maximum absolute atomic E-state index is 10.9. The second-order valence-electron chi connectivity index (χ2n) is 4.56. The Hall–Kier alpha value is -2.55. The first-order valence-electron chi connectivity index (χ1n) is 6.09. The standard InChI is InChI=1S/C16H13NO2/c18-16(19)13-6-7-14-10-17(11-15(14)8-13)9-12-4-2-1-3-5-12/h1-8,10-11H,9H2,(H,18,19). The second kappa shape index (κ2) is 4.61. The highest BCUT2D eigenvalue weighted by Crippen LogP contribution is 2.18. The molecule has 1 heterocycles. The molecular formula is C16H13NO2. The fraction of sp³-hybridized carbons (Fsp3) is 0.0625. The lowest BCUT2D eigenvalue weighted by Gasteiger charge is -2.01. The van der Waals surface area contributed by atoms with Crippen LogP contribution in [0.3, 0.4) is 0 Å². The first-order chi connectivity index (χ1) is 9.22. The van der Waals surface area contributed by atoms with Crippen molar-refractivity contribution in [2.75, 3.05) is 0 Å². The Morgan fingerprint density at radius 2 is 1.74 bits per heavy atom. The number of rotatable bonds is 3. The predicted molar refractivity (Wildman–Crippen MR) is 74.4 cm³/mol. The maximum atomic E-state index is 10.9. The third-order valence-corrected chi connectivity index (χ3v) is 3.15. The molecule has 3 rings (SSSR count). The summed E-state index contributed by atoms with van der Waals surface area (Å²) in [7, 11) is 0. The van der Waals surface area contributed by atoms with Gasteiger partial charge in [-0.2, -0.15) is 0 Å². The molecule has 0 bridgehead atoms. The van der Waals surface area contributed by atoms with E-state index in [1.165, 1.54) is 5.56 Å². The molecule has 0 amide bonds. The van der Waals surface area contributed by atoms with Crippen LogP contribution in [-0.2, 0) is 6.54 Å². The van der Waals surface area contributed by atoms with Crippen LogP contribution in [0.5, 0.6) is 0 Å². The first-order valence-corrected chi connectivity index (χ1v) is 6.09.